The van der Waals surface area contributed by atoms with Crippen molar-refractivity contribution in [3.63, 3.8) is 0 Å². The highest BCUT2D eigenvalue weighted by Crippen LogP contribution is 2.29. The zero-order valence-corrected chi connectivity index (χ0v) is 11.8. The minimum absolute atomic E-state index is 0.0785. The monoisotopic (exact) mass is 298 g/mol. The van der Waals surface area contributed by atoms with E-state index < -0.39 is 11.9 Å². The van der Waals surface area contributed by atoms with Crippen molar-refractivity contribution >= 4 is 0 Å². The molecule has 2 N–H and O–H groups in total. The quantitative estimate of drug-likeness (QED) is 0.944. The van der Waals surface area contributed by atoms with Crippen LogP contribution in [0.3, 0.4) is 0 Å². The molecule has 0 saturated heterocycles. The smallest absolute Gasteiger partial charge is 0.330 e. The number of hydrogen-bond acceptors (Lipinski definition) is 3. The van der Waals surface area contributed by atoms with Gasteiger partial charge in [-0.2, -0.15) is 13.2 Å². The van der Waals surface area contributed by atoms with Gasteiger partial charge >= 0.3 is 6.18 Å². The lowest BCUT2D eigenvalue weighted by molar-refractivity contribution is -0.141. The number of nitrogens with two attached hydrogens (primary N) is 1. The topological polar surface area (TPSA) is 56.7 Å². The van der Waals surface area contributed by atoms with Crippen molar-refractivity contribution in [3.8, 4) is 5.69 Å². The van der Waals surface area contributed by atoms with Gasteiger partial charge < -0.3 is 10.3 Å². The van der Waals surface area contributed by atoms with Crippen LogP contribution in [0.15, 0.2) is 30.9 Å². The van der Waals surface area contributed by atoms with Crippen LogP contribution in [0, 0.1) is 5.92 Å². The van der Waals surface area contributed by atoms with Gasteiger partial charge in [0, 0.05) is 24.4 Å². The summed E-state index contributed by atoms with van der Waals surface area (Å²) in [5.41, 5.74) is 6.28. The zero-order valence-electron chi connectivity index (χ0n) is 11.8. The average molecular weight is 298 g/mol. The molecule has 0 radical (unpaired) electrons. The summed E-state index contributed by atoms with van der Waals surface area (Å²) in [7, 11) is 0. The number of imidazole rings is 1. The molecule has 0 bridgehead atoms. The van der Waals surface area contributed by atoms with Crippen molar-refractivity contribution in [1.29, 1.82) is 0 Å². The first-order valence-corrected chi connectivity index (χ1v) is 6.60. The molecule has 2 heterocycles. The standard InChI is InChI=1S/C14H17F3N4/c1-9(2)11(5-18)12-7-19-8-21(12)10-3-4-13(20-6-10)14(15,16)17/h3-4,6-9,11H,5,18H2,1-2H3. The van der Waals surface area contributed by atoms with Gasteiger partial charge in [-0.3, -0.25) is 0 Å². The van der Waals surface area contributed by atoms with E-state index in [0.717, 1.165) is 11.8 Å². The molecule has 7 heteroatoms. The highest BCUT2D eigenvalue weighted by Gasteiger charge is 2.32. The maximum Gasteiger partial charge on any atom is 0.433 e. The van der Waals surface area contributed by atoms with Crippen LogP contribution in [0.25, 0.3) is 5.69 Å². The first-order valence-electron chi connectivity index (χ1n) is 6.60. The second-order valence-corrected chi connectivity index (χ2v) is 5.17. The van der Waals surface area contributed by atoms with Crippen LogP contribution >= 0.6 is 0 Å². The second kappa shape index (κ2) is 5.85. The number of hydrogen-bond donors (Lipinski definition) is 1. The van der Waals surface area contributed by atoms with Gasteiger partial charge in [0.25, 0.3) is 0 Å². The maximum atomic E-state index is 12.5. The molecule has 114 valence electrons. The molecule has 0 amide bonds. The van der Waals surface area contributed by atoms with Gasteiger partial charge in [0.05, 0.1) is 18.2 Å². The van der Waals surface area contributed by atoms with E-state index in [4.69, 9.17) is 5.73 Å². The highest BCUT2D eigenvalue weighted by molar-refractivity contribution is 5.33. The van der Waals surface area contributed by atoms with E-state index in [-0.39, 0.29) is 5.92 Å². The molecule has 0 fully saturated rings. The van der Waals surface area contributed by atoms with Crippen molar-refractivity contribution in [1.82, 2.24) is 14.5 Å². The van der Waals surface area contributed by atoms with E-state index in [1.165, 1.54) is 12.3 Å². The molecule has 4 nitrogen and oxygen atoms in total. The molecule has 0 aliphatic heterocycles. The summed E-state index contributed by atoms with van der Waals surface area (Å²) < 4.78 is 39.3. The first kappa shape index (κ1) is 15.5. The third-order valence-electron chi connectivity index (χ3n) is 3.42. The average Bonchev–Trinajstić information content (AvgIpc) is 2.87. The largest absolute Gasteiger partial charge is 0.433 e. The molecular weight excluding hydrogens is 281 g/mol. The van der Waals surface area contributed by atoms with E-state index >= 15 is 0 Å². The fourth-order valence-corrected chi connectivity index (χ4v) is 2.23. The predicted octanol–water partition coefficient (Wildman–Crippen LogP) is 2.98. The predicted molar refractivity (Wildman–Crippen MR) is 73.0 cm³/mol. The number of alkyl halides is 3. The Hall–Kier alpha value is -1.89. The summed E-state index contributed by atoms with van der Waals surface area (Å²) in [4.78, 5) is 7.55. The molecule has 21 heavy (non-hydrogen) atoms. The fraction of sp³-hybridized carbons (Fsp3) is 0.429. The maximum absolute atomic E-state index is 12.5. The van der Waals surface area contributed by atoms with Crippen molar-refractivity contribution in [3.05, 3.63) is 42.2 Å². The van der Waals surface area contributed by atoms with Gasteiger partial charge in [-0.25, -0.2) is 9.97 Å². The van der Waals surface area contributed by atoms with Crippen molar-refractivity contribution in [2.75, 3.05) is 6.54 Å². The van der Waals surface area contributed by atoms with E-state index in [2.05, 4.69) is 9.97 Å². The number of pyridine rings is 1. The van der Waals surface area contributed by atoms with E-state index in [0.29, 0.717) is 18.2 Å². The number of nitrogens with zero attached hydrogens (tertiary/aromatic N) is 3. The molecule has 0 aliphatic carbocycles. The van der Waals surface area contributed by atoms with Crippen LogP contribution in [-0.2, 0) is 6.18 Å². The minimum Gasteiger partial charge on any atom is -0.330 e. The van der Waals surface area contributed by atoms with Crippen molar-refractivity contribution in [2.45, 2.75) is 25.9 Å². The molecule has 0 aliphatic rings. The summed E-state index contributed by atoms with van der Waals surface area (Å²) >= 11 is 0. The van der Waals surface area contributed by atoms with Crippen LogP contribution in [0.4, 0.5) is 13.2 Å². The van der Waals surface area contributed by atoms with Gasteiger partial charge in [-0.05, 0) is 18.1 Å². The number of aromatic nitrogens is 3. The lowest BCUT2D eigenvalue weighted by atomic mass is 9.93. The molecular formula is C14H17F3N4. The Morgan fingerprint density at radius 2 is 1.95 bits per heavy atom. The molecule has 1 unspecified atom stereocenters. The lowest BCUT2D eigenvalue weighted by Gasteiger charge is -2.20. The number of halogens is 3. The molecule has 0 aromatic carbocycles. The van der Waals surface area contributed by atoms with Crippen LogP contribution in [0.2, 0.25) is 0 Å². The summed E-state index contributed by atoms with van der Waals surface area (Å²) in [5, 5.41) is 0. The summed E-state index contributed by atoms with van der Waals surface area (Å²) in [5.74, 6) is 0.377. The van der Waals surface area contributed by atoms with Crippen LogP contribution < -0.4 is 5.73 Å². The van der Waals surface area contributed by atoms with E-state index in [1.807, 2.05) is 13.8 Å². The zero-order chi connectivity index (χ0) is 15.6. The Morgan fingerprint density at radius 3 is 2.43 bits per heavy atom. The fourth-order valence-electron chi connectivity index (χ4n) is 2.23. The molecule has 2 aromatic rings. The molecule has 0 spiro atoms. The van der Waals surface area contributed by atoms with E-state index in [1.54, 1.807) is 17.1 Å². The summed E-state index contributed by atoms with van der Waals surface area (Å²) in [6.45, 7) is 4.52. The Balaban J connectivity index is 2.38. The van der Waals surface area contributed by atoms with Crippen LogP contribution in [0.1, 0.15) is 31.2 Å². The Bertz CT molecular complexity index is 587. The van der Waals surface area contributed by atoms with Crippen molar-refractivity contribution in [2.24, 2.45) is 11.7 Å². The molecule has 0 saturated carbocycles. The minimum atomic E-state index is -4.44. The first-order chi connectivity index (χ1) is 9.84. The lowest BCUT2D eigenvalue weighted by Crippen LogP contribution is -2.20. The van der Waals surface area contributed by atoms with Crippen LogP contribution in [-0.4, -0.2) is 21.1 Å². The molecule has 2 rings (SSSR count). The van der Waals surface area contributed by atoms with E-state index in [9.17, 15) is 13.2 Å². The Labute approximate surface area is 120 Å². The van der Waals surface area contributed by atoms with Crippen molar-refractivity contribution < 1.29 is 13.2 Å². The van der Waals surface area contributed by atoms with Gasteiger partial charge in [0.15, 0.2) is 0 Å². The second-order valence-electron chi connectivity index (χ2n) is 5.17. The normalized spacial score (nSPS) is 13.7. The van der Waals surface area contributed by atoms with Gasteiger partial charge in [-0.15, -0.1) is 0 Å². The SMILES string of the molecule is CC(C)C(CN)c1cncn1-c1ccc(C(F)(F)F)nc1. The number of rotatable bonds is 4. The third kappa shape index (κ3) is 3.24. The Morgan fingerprint density at radius 1 is 1.24 bits per heavy atom. The summed E-state index contributed by atoms with van der Waals surface area (Å²) in [6.07, 6.45) is 0.00970. The van der Waals surface area contributed by atoms with Gasteiger partial charge in [-0.1, -0.05) is 13.8 Å². The van der Waals surface area contributed by atoms with Gasteiger partial charge in [0.1, 0.15) is 5.69 Å². The molecule has 1 atom stereocenters. The van der Waals surface area contributed by atoms with Crippen LogP contribution in [0.5, 0.6) is 0 Å². The molecule has 2 aromatic heterocycles. The van der Waals surface area contributed by atoms with Gasteiger partial charge in [0.2, 0.25) is 0 Å². The Kier molecular flexibility index (Phi) is 4.32. The summed E-state index contributed by atoms with van der Waals surface area (Å²) in [6, 6.07) is 2.35. The third-order valence-corrected chi connectivity index (χ3v) is 3.42. The highest BCUT2D eigenvalue weighted by atomic mass is 19.4.